The van der Waals surface area contributed by atoms with Crippen molar-refractivity contribution in [2.45, 2.75) is 70.0 Å². The number of sulfonamides is 1. The highest BCUT2D eigenvalue weighted by Gasteiger charge is 2.17. The Morgan fingerprint density at radius 1 is 1.09 bits per heavy atom. The lowest BCUT2D eigenvalue weighted by Gasteiger charge is -2.16. The van der Waals surface area contributed by atoms with Crippen LogP contribution in [0.3, 0.4) is 0 Å². The summed E-state index contributed by atoms with van der Waals surface area (Å²) in [6.07, 6.45) is 4.97. The number of aromatic nitrogens is 2. The molecule has 0 radical (unpaired) electrons. The molecule has 0 saturated carbocycles. The second kappa shape index (κ2) is 10.1. The van der Waals surface area contributed by atoms with Gasteiger partial charge in [0, 0.05) is 31.1 Å². The number of hydrogen-bond donors (Lipinski definition) is 2. The molecule has 1 aliphatic rings. The molecule has 0 saturated heterocycles. The molecule has 1 aliphatic heterocycles. The fourth-order valence-corrected chi connectivity index (χ4v) is 5.54. The summed E-state index contributed by atoms with van der Waals surface area (Å²) >= 11 is 0. The third kappa shape index (κ3) is 5.37. The quantitative estimate of drug-likeness (QED) is 0.561. The van der Waals surface area contributed by atoms with Crippen molar-refractivity contribution in [1.29, 1.82) is 0 Å². The Balaban J connectivity index is 1.53. The first kappa shape index (κ1) is 24.1. The van der Waals surface area contributed by atoms with Gasteiger partial charge in [0.1, 0.15) is 5.82 Å². The summed E-state index contributed by atoms with van der Waals surface area (Å²) in [5, 5.41) is 3.34. The molecule has 3 aromatic rings. The van der Waals surface area contributed by atoms with Crippen molar-refractivity contribution < 1.29 is 13.2 Å². The van der Waals surface area contributed by atoms with Crippen molar-refractivity contribution in [3.05, 3.63) is 69.8 Å². The minimum Gasteiger partial charge on any atom is -0.348 e. The number of rotatable bonds is 6. The van der Waals surface area contributed by atoms with Crippen molar-refractivity contribution in [3.8, 4) is 0 Å². The van der Waals surface area contributed by atoms with Crippen LogP contribution in [-0.4, -0.2) is 29.9 Å². The van der Waals surface area contributed by atoms with Gasteiger partial charge < -0.3 is 5.32 Å². The van der Waals surface area contributed by atoms with Crippen LogP contribution < -0.4 is 15.6 Å². The van der Waals surface area contributed by atoms with Crippen molar-refractivity contribution in [2.24, 2.45) is 0 Å². The number of carbonyl (C=O) groups excluding carboxylic acids is 1. The van der Waals surface area contributed by atoms with Crippen LogP contribution in [0.25, 0.3) is 10.9 Å². The monoisotopic (exact) mass is 482 g/mol. The third-order valence-corrected chi connectivity index (χ3v) is 7.54. The lowest BCUT2D eigenvalue weighted by atomic mass is 10.1. The molecule has 8 nitrogen and oxygen atoms in total. The molecule has 2 aromatic carbocycles. The predicted molar refractivity (Wildman–Crippen MR) is 131 cm³/mol. The zero-order valence-electron chi connectivity index (χ0n) is 19.5. The van der Waals surface area contributed by atoms with Crippen LogP contribution in [0, 0.1) is 0 Å². The second-order valence-corrected chi connectivity index (χ2v) is 10.7. The summed E-state index contributed by atoms with van der Waals surface area (Å²) in [4.78, 5) is 30.7. The Morgan fingerprint density at radius 2 is 1.88 bits per heavy atom. The number of nitrogens with one attached hydrogen (secondary N) is 2. The summed E-state index contributed by atoms with van der Waals surface area (Å²) in [5.41, 5.74) is 1.54. The van der Waals surface area contributed by atoms with E-state index in [1.165, 1.54) is 6.07 Å². The molecule has 9 heteroatoms. The summed E-state index contributed by atoms with van der Waals surface area (Å²) in [6, 6.07) is 11.2. The van der Waals surface area contributed by atoms with Crippen LogP contribution in [0.15, 0.2) is 52.2 Å². The van der Waals surface area contributed by atoms with Crippen molar-refractivity contribution in [2.75, 3.05) is 0 Å². The molecule has 0 bridgehead atoms. The number of hydrogen-bond acceptors (Lipinski definition) is 5. The Labute approximate surface area is 199 Å². The minimum absolute atomic E-state index is 0.0538. The molecule has 2 N–H and O–H groups in total. The number of fused-ring (bicyclic) bond motifs is 2. The lowest BCUT2D eigenvalue weighted by Crippen LogP contribution is -2.30. The molecule has 0 fully saturated rings. The molecule has 0 spiro atoms. The summed E-state index contributed by atoms with van der Waals surface area (Å²) in [5.74, 6) is 0.465. The first-order valence-electron chi connectivity index (χ1n) is 11.7. The van der Waals surface area contributed by atoms with Crippen LogP contribution in [0.2, 0.25) is 0 Å². The number of carbonyl (C=O) groups is 1. The van der Waals surface area contributed by atoms with E-state index in [1.54, 1.807) is 54.8 Å². The van der Waals surface area contributed by atoms with Crippen LogP contribution in [0.5, 0.6) is 0 Å². The van der Waals surface area contributed by atoms with E-state index in [4.69, 9.17) is 4.98 Å². The first-order valence-corrected chi connectivity index (χ1v) is 13.2. The highest BCUT2D eigenvalue weighted by atomic mass is 32.2. The summed E-state index contributed by atoms with van der Waals surface area (Å²) in [6.45, 7) is 4.36. The van der Waals surface area contributed by atoms with Crippen LogP contribution in [0.1, 0.15) is 61.3 Å². The molecule has 34 heavy (non-hydrogen) atoms. The van der Waals surface area contributed by atoms with Gasteiger partial charge >= 0.3 is 0 Å². The van der Waals surface area contributed by atoms with E-state index in [9.17, 15) is 18.0 Å². The zero-order valence-corrected chi connectivity index (χ0v) is 20.3. The Kier molecular flexibility index (Phi) is 7.13. The largest absolute Gasteiger partial charge is 0.348 e. The van der Waals surface area contributed by atoms with E-state index in [2.05, 4.69) is 10.0 Å². The minimum atomic E-state index is -3.62. The maximum absolute atomic E-state index is 13.0. The Hall–Kier alpha value is -3.04. The van der Waals surface area contributed by atoms with Crippen LogP contribution in [0.4, 0.5) is 0 Å². The van der Waals surface area contributed by atoms with Crippen molar-refractivity contribution >= 4 is 26.8 Å². The van der Waals surface area contributed by atoms with Gasteiger partial charge in [-0.2, -0.15) is 0 Å². The van der Waals surface area contributed by atoms with Gasteiger partial charge in [0.25, 0.3) is 11.5 Å². The summed E-state index contributed by atoms with van der Waals surface area (Å²) in [7, 11) is -3.62. The molecule has 2 heterocycles. The maximum atomic E-state index is 13.0. The molecule has 0 unspecified atom stereocenters. The standard InChI is InChI=1S/C25H30N4O4S/c1-17(2)28-34(32,33)20-9-7-8-18(14-20)16-26-24(30)19-11-12-21-22(15-19)27-23-10-5-3-4-6-13-29(23)25(21)31/h7-9,11-12,14-15,17,28H,3-6,10,13,16H2,1-2H3,(H,26,30). The molecule has 0 atom stereocenters. The Morgan fingerprint density at radius 3 is 2.68 bits per heavy atom. The lowest BCUT2D eigenvalue weighted by molar-refractivity contribution is 0.0951. The highest BCUT2D eigenvalue weighted by molar-refractivity contribution is 7.89. The van der Waals surface area contributed by atoms with E-state index >= 15 is 0 Å². The second-order valence-electron chi connectivity index (χ2n) is 8.99. The van der Waals surface area contributed by atoms with Gasteiger partial charge in [-0.3, -0.25) is 14.2 Å². The number of benzene rings is 2. The van der Waals surface area contributed by atoms with Crippen molar-refractivity contribution in [3.63, 3.8) is 0 Å². The predicted octanol–water partition coefficient (Wildman–Crippen LogP) is 3.13. The molecule has 4 rings (SSSR count). The van der Waals surface area contributed by atoms with E-state index in [-0.39, 0.29) is 28.9 Å². The van der Waals surface area contributed by atoms with Crippen molar-refractivity contribution in [1.82, 2.24) is 19.6 Å². The number of nitrogens with zero attached hydrogens (tertiary/aromatic N) is 2. The van der Waals surface area contributed by atoms with E-state index in [0.29, 0.717) is 28.6 Å². The van der Waals surface area contributed by atoms with Gasteiger partial charge in [-0.15, -0.1) is 0 Å². The van der Waals surface area contributed by atoms with Gasteiger partial charge in [0.05, 0.1) is 15.8 Å². The topological polar surface area (TPSA) is 110 Å². The first-order chi connectivity index (χ1) is 16.2. The van der Waals surface area contributed by atoms with E-state index < -0.39 is 10.0 Å². The van der Waals surface area contributed by atoms with Crippen LogP contribution >= 0.6 is 0 Å². The fourth-order valence-electron chi connectivity index (χ4n) is 4.22. The number of amides is 1. The van der Waals surface area contributed by atoms with Gasteiger partial charge in [0.2, 0.25) is 10.0 Å². The van der Waals surface area contributed by atoms with Gasteiger partial charge in [-0.1, -0.05) is 25.0 Å². The zero-order chi connectivity index (χ0) is 24.3. The smallest absolute Gasteiger partial charge is 0.261 e. The molecule has 1 aromatic heterocycles. The highest BCUT2D eigenvalue weighted by Crippen LogP contribution is 2.17. The van der Waals surface area contributed by atoms with Gasteiger partial charge in [-0.25, -0.2) is 18.1 Å². The van der Waals surface area contributed by atoms with Crippen LogP contribution in [-0.2, 0) is 29.5 Å². The SMILES string of the molecule is CC(C)NS(=O)(=O)c1cccc(CNC(=O)c2ccc3c(=O)n4c(nc3c2)CCCCCC4)c1. The Bertz CT molecular complexity index is 1380. The molecule has 180 valence electrons. The average molecular weight is 483 g/mol. The molecular formula is C25H30N4O4S. The maximum Gasteiger partial charge on any atom is 0.261 e. The molecule has 1 amide bonds. The van der Waals surface area contributed by atoms with E-state index in [1.807, 2.05) is 0 Å². The summed E-state index contributed by atoms with van der Waals surface area (Å²) < 4.78 is 29.2. The third-order valence-electron chi connectivity index (χ3n) is 5.88. The van der Waals surface area contributed by atoms with Gasteiger partial charge in [0.15, 0.2) is 0 Å². The molecular weight excluding hydrogens is 452 g/mol. The fraction of sp³-hybridized carbons (Fsp3) is 0.400. The molecule has 0 aliphatic carbocycles. The van der Waals surface area contributed by atoms with E-state index in [0.717, 1.165) is 37.9 Å². The average Bonchev–Trinajstić information content (AvgIpc) is 2.78. The number of aryl methyl sites for hydroxylation is 1. The normalized spacial score (nSPS) is 14.4. The van der Waals surface area contributed by atoms with Gasteiger partial charge in [-0.05, 0) is 62.6 Å².